The molecule has 26 heavy (non-hydrogen) atoms. The first-order chi connectivity index (χ1) is 12.7. The molecule has 2 nitrogen and oxygen atoms in total. The van der Waals surface area contributed by atoms with Crippen molar-refractivity contribution in [1.29, 1.82) is 0 Å². The molecule has 4 heteroatoms. The standard InChI is InChI=1S/C22H28O2P2/c23-19-5-3-7-21-18(14-17-4-1-2-6-20(17)21)9-11-22(24)25-26-13-12-16(15-26)8-10-19/h1-2,4,6,14,16,21,25H,3,5,7-13,15H2. The van der Waals surface area contributed by atoms with Crippen molar-refractivity contribution in [2.45, 2.75) is 57.3 Å². The molecule has 0 spiro atoms. The minimum Gasteiger partial charge on any atom is -0.300 e. The zero-order chi connectivity index (χ0) is 17.9. The molecule has 0 saturated carbocycles. The number of benzene rings is 1. The van der Waals surface area contributed by atoms with E-state index in [4.69, 9.17) is 0 Å². The van der Waals surface area contributed by atoms with E-state index in [-0.39, 0.29) is 7.61 Å². The number of hydrogen-bond donors (Lipinski definition) is 0. The van der Waals surface area contributed by atoms with Gasteiger partial charge in [0.15, 0.2) is 5.52 Å². The SMILES string of the molecule is O=C1CCCC2C(=Cc3ccccc32)CCC(=O)PP2CCC(CC1)C2. The first-order valence-corrected chi connectivity index (χ1v) is 13.6. The Labute approximate surface area is 159 Å². The van der Waals surface area contributed by atoms with Crippen molar-refractivity contribution in [2.75, 3.05) is 12.3 Å². The molecule has 4 rings (SSSR count). The lowest BCUT2D eigenvalue weighted by Crippen LogP contribution is -2.06. The minimum absolute atomic E-state index is 0.0772. The summed E-state index contributed by atoms with van der Waals surface area (Å²) < 4.78 is 0. The van der Waals surface area contributed by atoms with Gasteiger partial charge < -0.3 is 0 Å². The van der Waals surface area contributed by atoms with Crippen LogP contribution in [0.5, 0.6) is 0 Å². The van der Waals surface area contributed by atoms with Crippen LogP contribution in [0.4, 0.5) is 0 Å². The van der Waals surface area contributed by atoms with E-state index >= 15 is 0 Å². The fourth-order valence-electron chi connectivity index (χ4n) is 4.70. The lowest BCUT2D eigenvalue weighted by Gasteiger charge is -2.17. The molecular weight excluding hydrogens is 358 g/mol. The highest BCUT2D eigenvalue weighted by atomic mass is 32.0. The van der Waals surface area contributed by atoms with E-state index in [9.17, 15) is 9.59 Å². The lowest BCUT2D eigenvalue weighted by atomic mass is 9.88. The molecule has 0 radical (unpaired) electrons. The summed E-state index contributed by atoms with van der Waals surface area (Å²) in [5.41, 5.74) is 4.64. The predicted octanol–water partition coefficient (Wildman–Crippen LogP) is 6.10. The van der Waals surface area contributed by atoms with Crippen LogP contribution in [0.3, 0.4) is 0 Å². The summed E-state index contributed by atoms with van der Waals surface area (Å²) in [4.78, 5) is 24.9. The Morgan fingerprint density at radius 1 is 0.962 bits per heavy atom. The maximum absolute atomic E-state index is 12.6. The number of ketones is 1. The first kappa shape index (κ1) is 18.5. The molecule has 3 aliphatic rings. The van der Waals surface area contributed by atoms with Crippen molar-refractivity contribution in [2.24, 2.45) is 5.92 Å². The maximum Gasteiger partial charge on any atom is 0.156 e. The Balaban J connectivity index is 1.50. The number of allylic oxidation sites excluding steroid dienone is 1. The number of rotatable bonds is 0. The molecule has 4 atom stereocenters. The van der Waals surface area contributed by atoms with Crippen LogP contribution in [-0.4, -0.2) is 23.6 Å². The summed E-state index contributed by atoms with van der Waals surface area (Å²) in [7, 11) is 0.471. The molecule has 4 unspecified atom stereocenters. The zero-order valence-corrected chi connectivity index (χ0v) is 17.3. The van der Waals surface area contributed by atoms with Crippen LogP contribution in [0, 0.1) is 5.92 Å². The largest absolute Gasteiger partial charge is 0.300 e. The smallest absolute Gasteiger partial charge is 0.156 e. The molecule has 1 aliphatic carbocycles. The molecule has 138 valence electrons. The number of fused-ring (bicyclic) bond motifs is 5. The summed E-state index contributed by atoms with van der Waals surface area (Å²) in [6.45, 7) is 0. The van der Waals surface area contributed by atoms with Gasteiger partial charge in [0.25, 0.3) is 0 Å². The van der Waals surface area contributed by atoms with Crippen LogP contribution in [0.2, 0.25) is 0 Å². The fraction of sp³-hybridized carbons (Fsp3) is 0.545. The molecule has 2 saturated heterocycles. The monoisotopic (exact) mass is 386 g/mol. The Morgan fingerprint density at radius 2 is 1.85 bits per heavy atom. The van der Waals surface area contributed by atoms with Gasteiger partial charge in [-0.3, -0.25) is 9.59 Å². The predicted molar refractivity (Wildman–Crippen MR) is 113 cm³/mol. The van der Waals surface area contributed by atoms with Crippen molar-refractivity contribution >= 4 is 33.3 Å². The van der Waals surface area contributed by atoms with Gasteiger partial charge in [0.05, 0.1) is 0 Å². The van der Waals surface area contributed by atoms with Gasteiger partial charge in [-0.05, 0) is 69.7 Å². The van der Waals surface area contributed by atoms with E-state index in [1.54, 1.807) is 0 Å². The van der Waals surface area contributed by atoms with E-state index in [1.165, 1.54) is 35.4 Å². The molecule has 2 heterocycles. The molecule has 2 aliphatic heterocycles. The molecule has 0 N–H and O–H groups in total. The summed E-state index contributed by atoms with van der Waals surface area (Å²) >= 11 is 0. The van der Waals surface area contributed by atoms with Gasteiger partial charge >= 0.3 is 0 Å². The van der Waals surface area contributed by atoms with Crippen molar-refractivity contribution in [3.8, 4) is 0 Å². The van der Waals surface area contributed by atoms with E-state index in [1.807, 2.05) is 0 Å². The highest BCUT2D eigenvalue weighted by Gasteiger charge is 2.28. The van der Waals surface area contributed by atoms with Crippen LogP contribution in [0.25, 0.3) is 6.08 Å². The van der Waals surface area contributed by atoms with Gasteiger partial charge in [-0.15, -0.1) is 0 Å². The molecule has 0 amide bonds. The third-order valence-electron chi connectivity index (χ3n) is 6.15. The molecule has 2 fully saturated rings. The van der Waals surface area contributed by atoms with E-state index < -0.39 is 0 Å². The average Bonchev–Trinajstić information content (AvgIpc) is 3.22. The Morgan fingerprint density at radius 3 is 2.77 bits per heavy atom. The summed E-state index contributed by atoms with van der Waals surface area (Å²) in [6, 6.07) is 8.62. The van der Waals surface area contributed by atoms with Crippen molar-refractivity contribution in [3.05, 3.63) is 41.0 Å². The topological polar surface area (TPSA) is 34.1 Å². The third kappa shape index (κ3) is 4.35. The fourth-order valence-corrected chi connectivity index (χ4v) is 10.5. The minimum atomic E-state index is -0.0772. The average molecular weight is 386 g/mol. The van der Waals surface area contributed by atoms with Gasteiger partial charge in [-0.1, -0.05) is 43.5 Å². The lowest BCUT2D eigenvalue weighted by molar-refractivity contribution is -0.119. The van der Waals surface area contributed by atoms with E-state index in [0.717, 1.165) is 44.9 Å². The Hall–Kier alpha value is -0.840. The van der Waals surface area contributed by atoms with Gasteiger partial charge in [-0.25, -0.2) is 0 Å². The molecule has 1 aromatic carbocycles. The summed E-state index contributed by atoms with van der Waals surface area (Å²) in [5, 5.41) is 0. The van der Waals surface area contributed by atoms with Crippen LogP contribution in [0.1, 0.15) is 68.4 Å². The number of carbonyl (C=O) groups excluding carboxylic acids is 2. The van der Waals surface area contributed by atoms with Crippen LogP contribution < -0.4 is 0 Å². The third-order valence-corrected chi connectivity index (χ3v) is 11.6. The molecule has 2 bridgehead atoms. The Bertz CT molecular complexity index is 725. The first-order valence-electron chi connectivity index (χ1n) is 10.0. The number of Topliss-reactive ketones (excluding diaryl/α,β-unsaturated/α-hetero) is 1. The zero-order valence-electron chi connectivity index (χ0n) is 15.4. The molecule has 0 aromatic heterocycles. The second kappa shape index (κ2) is 8.45. The van der Waals surface area contributed by atoms with Gasteiger partial charge in [0.1, 0.15) is 5.78 Å². The maximum atomic E-state index is 12.6. The van der Waals surface area contributed by atoms with Gasteiger partial charge in [0.2, 0.25) is 0 Å². The van der Waals surface area contributed by atoms with E-state index in [0.29, 0.717) is 31.4 Å². The highest BCUT2D eigenvalue weighted by Crippen LogP contribution is 2.62. The molecular formula is C22H28O2P2. The quantitative estimate of drug-likeness (QED) is 0.505. The number of hydrogen-bond acceptors (Lipinski definition) is 2. The second-order valence-electron chi connectivity index (χ2n) is 8.01. The second-order valence-corrected chi connectivity index (χ2v) is 13.2. The van der Waals surface area contributed by atoms with Crippen LogP contribution in [0.15, 0.2) is 29.8 Å². The van der Waals surface area contributed by atoms with Crippen molar-refractivity contribution in [1.82, 2.24) is 0 Å². The molecule has 1 aromatic rings. The number of carbonyl (C=O) groups is 2. The van der Waals surface area contributed by atoms with Crippen LogP contribution >= 0.6 is 15.9 Å². The normalized spacial score (nSPS) is 31.1. The Kier molecular flexibility index (Phi) is 6.02. The van der Waals surface area contributed by atoms with Crippen molar-refractivity contribution in [3.63, 3.8) is 0 Å². The summed E-state index contributed by atoms with van der Waals surface area (Å²) in [5.74, 6) is 1.58. The van der Waals surface area contributed by atoms with Gasteiger partial charge in [0, 0.05) is 25.2 Å². The van der Waals surface area contributed by atoms with Crippen LogP contribution in [-0.2, 0) is 9.59 Å². The van der Waals surface area contributed by atoms with Gasteiger partial charge in [-0.2, -0.15) is 0 Å². The van der Waals surface area contributed by atoms with Crippen molar-refractivity contribution < 1.29 is 9.59 Å². The summed E-state index contributed by atoms with van der Waals surface area (Å²) in [6.07, 6.45) is 12.3. The highest BCUT2D eigenvalue weighted by molar-refractivity contribution is 8.28. The van der Waals surface area contributed by atoms with E-state index in [2.05, 4.69) is 30.3 Å².